The van der Waals surface area contributed by atoms with Crippen LogP contribution in [0.4, 0.5) is 0 Å². The monoisotopic (exact) mass is 322 g/mol. The van der Waals surface area contributed by atoms with Crippen molar-refractivity contribution >= 4 is 33.0 Å². The molecule has 1 aromatic rings. The van der Waals surface area contributed by atoms with Gasteiger partial charge in [0.15, 0.2) is 8.68 Å². The van der Waals surface area contributed by atoms with Crippen molar-refractivity contribution in [1.29, 1.82) is 0 Å². The fourth-order valence-corrected chi connectivity index (χ4v) is 6.12. The first-order valence-electron chi connectivity index (χ1n) is 6.45. The van der Waals surface area contributed by atoms with E-state index in [-0.39, 0.29) is 14.7 Å². The number of aryl methyl sites for hydroxylation is 1. The van der Waals surface area contributed by atoms with Crippen molar-refractivity contribution in [2.24, 2.45) is 5.92 Å². The van der Waals surface area contributed by atoms with E-state index in [2.05, 4.69) is 11.9 Å². The number of thiazole rings is 1. The number of halogens is 1. The van der Waals surface area contributed by atoms with Gasteiger partial charge in [-0.1, -0.05) is 42.7 Å². The predicted octanol–water partition coefficient (Wildman–Crippen LogP) is 3.30. The molecule has 0 spiro atoms. The maximum atomic E-state index is 12.6. The molecule has 19 heavy (non-hydrogen) atoms. The van der Waals surface area contributed by atoms with Crippen LogP contribution in [0.25, 0.3) is 0 Å². The highest BCUT2D eigenvalue weighted by atomic mass is 35.5. The minimum atomic E-state index is -3.48. The maximum Gasteiger partial charge on any atom is 0.254 e. The number of aromatic nitrogens is 1. The van der Waals surface area contributed by atoms with Crippen LogP contribution < -0.4 is 0 Å². The van der Waals surface area contributed by atoms with E-state index in [9.17, 15) is 8.42 Å². The lowest BCUT2D eigenvalue weighted by atomic mass is 9.86. The van der Waals surface area contributed by atoms with E-state index >= 15 is 0 Å². The molecule has 0 radical (unpaired) electrons. The van der Waals surface area contributed by atoms with Crippen LogP contribution in [0.1, 0.15) is 38.3 Å². The molecule has 2 rings (SSSR count). The quantitative estimate of drug-likeness (QED) is 0.858. The topological polar surface area (TPSA) is 50.3 Å². The largest absolute Gasteiger partial charge is 0.254 e. The first-order chi connectivity index (χ1) is 8.84. The van der Waals surface area contributed by atoms with Gasteiger partial charge in [-0.25, -0.2) is 13.4 Å². The summed E-state index contributed by atoms with van der Waals surface area (Å²) >= 11 is 6.85. The van der Waals surface area contributed by atoms with Crippen molar-refractivity contribution in [3.05, 3.63) is 10.2 Å². The van der Waals surface area contributed by atoms with Crippen LogP contribution in [0.2, 0.25) is 4.47 Å². The van der Waals surface area contributed by atoms with Gasteiger partial charge in [-0.2, -0.15) is 4.31 Å². The molecule has 1 aromatic heterocycles. The second kappa shape index (κ2) is 5.68. The molecule has 2 atom stereocenters. The molecule has 1 saturated carbocycles. The highest BCUT2D eigenvalue weighted by Crippen LogP contribution is 2.34. The minimum Gasteiger partial charge on any atom is -0.229 e. The van der Waals surface area contributed by atoms with E-state index < -0.39 is 10.0 Å². The van der Waals surface area contributed by atoms with Gasteiger partial charge >= 0.3 is 0 Å². The van der Waals surface area contributed by atoms with E-state index in [0.717, 1.165) is 30.6 Å². The molecule has 1 aliphatic rings. The standard InChI is InChI=1S/C12H19ClN2O2S2/c1-8-6-4-5-7-10(8)15(3)19(16,17)11-9(2)14-12(13)18-11/h8,10H,4-7H2,1-3H3. The van der Waals surface area contributed by atoms with Crippen molar-refractivity contribution in [2.45, 2.75) is 49.8 Å². The zero-order valence-electron chi connectivity index (χ0n) is 11.4. The summed E-state index contributed by atoms with van der Waals surface area (Å²) in [7, 11) is -1.80. The number of rotatable bonds is 3. The lowest BCUT2D eigenvalue weighted by molar-refractivity contribution is 0.213. The summed E-state index contributed by atoms with van der Waals surface area (Å²) < 4.78 is 27.4. The van der Waals surface area contributed by atoms with Gasteiger partial charge in [-0.15, -0.1) is 0 Å². The normalized spacial score (nSPS) is 24.9. The van der Waals surface area contributed by atoms with Gasteiger partial charge < -0.3 is 0 Å². The molecule has 0 aliphatic heterocycles. The summed E-state index contributed by atoms with van der Waals surface area (Å²) in [6.45, 7) is 3.82. The molecule has 108 valence electrons. The molecular formula is C12H19ClN2O2S2. The number of hydrogen-bond acceptors (Lipinski definition) is 4. The fourth-order valence-electron chi connectivity index (χ4n) is 2.74. The Morgan fingerprint density at radius 2 is 2.00 bits per heavy atom. The average molecular weight is 323 g/mol. The van der Waals surface area contributed by atoms with Gasteiger partial charge in [0, 0.05) is 13.1 Å². The molecule has 0 aromatic carbocycles. The molecule has 1 aliphatic carbocycles. The summed E-state index contributed by atoms with van der Waals surface area (Å²) in [4.78, 5) is 4.00. The van der Waals surface area contributed by atoms with E-state index in [4.69, 9.17) is 11.6 Å². The minimum absolute atomic E-state index is 0.0824. The number of sulfonamides is 1. The molecule has 7 heteroatoms. The highest BCUT2D eigenvalue weighted by Gasteiger charge is 2.35. The third kappa shape index (κ3) is 2.96. The van der Waals surface area contributed by atoms with Gasteiger partial charge in [0.2, 0.25) is 0 Å². The molecule has 0 amide bonds. The molecule has 0 saturated heterocycles. The Bertz CT molecular complexity index is 556. The van der Waals surface area contributed by atoms with Crippen LogP contribution in [0.5, 0.6) is 0 Å². The van der Waals surface area contributed by atoms with Crippen LogP contribution in [0.15, 0.2) is 4.21 Å². The zero-order chi connectivity index (χ0) is 14.2. The molecule has 1 heterocycles. The van der Waals surface area contributed by atoms with Crippen molar-refractivity contribution < 1.29 is 8.42 Å². The Hall–Kier alpha value is -0.170. The summed E-state index contributed by atoms with van der Waals surface area (Å²) in [5.41, 5.74) is 0.491. The number of hydrogen-bond donors (Lipinski definition) is 0. The highest BCUT2D eigenvalue weighted by molar-refractivity contribution is 7.91. The van der Waals surface area contributed by atoms with Crippen LogP contribution >= 0.6 is 22.9 Å². The molecule has 4 nitrogen and oxygen atoms in total. The Morgan fingerprint density at radius 1 is 1.37 bits per heavy atom. The van der Waals surface area contributed by atoms with Crippen LogP contribution in [-0.2, 0) is 10.0 Å². The van der Waals surface area contributed by atoms with E-state index in [1.807, 2.05) is 0 Å². The third-order valence-corrected chi connectivity index (χ3v) is 7.61. The van der Waals surface area contributed by atoms with E-state index in [0.29, 0.717) is 11.6 Å². The summed E-state index contributed by atoms with van der Waals surface area (Å²) in [5.74, 6) is 0.400. The molecular weight excluding hydrogens is 304 g/mol. The summed E-state index contributed by atoms with van der Waals surface area (Å²) in [6.07, 6.45) is 4.31. The Balaban J connectivity index is 2.31. The van der Waals surface area contributed by atoms with Gasteiger partial charge in [0.05, 0.1) is 5.69 Å². The first-order valence-corrected chi connectivity index (χ1v) is 9.08. The fraction of sp³-hybridized carbons (Fsp3) is 0.750. The van der Waals surface area contributed by atoms with Crippen LogP contribution in [0, 0.1) is 12.8 Å². The second-order valence-electron chi connectivity index (χ2n) is 5.19. The Morgan fingerprint density at radius 3 is 2.53 bits per heavy atom. The van der Waals surface area contributed by atoms with Crippen molar-refractivity contribution in [3.8, 4) is 0 Å². The smallest absolute Gasteiger partial charge is 0.229 e. The third-order valence-electron chi connectivity index (χ3n) is 3.87. The Kier molecular flexibility index (Phi) is 4.55. The predicted molar refractivity (Wildman–Crippen MR) is 78.2 cm³/mol. The van der Waals surface area contributed by atoms with Crippen molar-refractivity contribution in [1.82, 2.24) is 9.29 Å². The summed E-state index contributed by atoms with van der Waals surface area (Å²) in [6, 6.07) is 0.0824. The maximum absolute atomic E-state index is 12.6. The first kappa shape index (κ1) is 15.2. The Labute approximate surface area is 123 Å². The van der Waals surface area contributed by atoms with Gasteiger partial charge in [0.1, 0.15) is 0 Å². The van der Waals surface area contributed by atoms with Crippen LogP contribution in [-0.4, -0.2) is 30.8 Å². The van der Waals surface area contributed by atoms with Gasteiger partial charge in [-0.05, 0) is 25.7 Å². The van der Waals surface area contributed by atoms with Crippen molar-refractivity contribution in [3.63, 3.8) is 0 Å². The molecule has 0 N–H and O–H groups in total. The molecule has 2 unspecified atom stereocenters. The molecule has 1 fully saturated rings. The lowest BCUT2D eigenvalue weighted by Gasteiger charge is -2.35. The van der Waals surface area contributed by atoms with Crippen molar-refractivity contribution in [2.75, 3.05) is 7.05 Å². The van der Waals surface area contributed by atoms with Crippen LogP contribution in [0.3, 0.4) is 0 Å². The van der Waals surface area contributed by atoms with Gasteiger partial charge in [0.25, 0.3) is 10.0 Å². The van der Waals surface area contributed by atoms with E-state index in [1.165, 1.54) is 10.7 Å². The SMILES string of the molecule is Cc1nc(Cl)sc1S(=O)(=O)N(C)C1CCCCC1C. The summed E-state index contributed by atoms with van der Waals surface area (Å²) in [5, 5.41) is 0. The van der Waals surface area contributed by atoms with E-state index in [1.54, 1.807) is 14.0 Å². The zero-order valence-corrected chi connectivity index (χ0v) is 13.8. The number of nitrogens with zero attached hydrogens (tertiary/aromatic N) is 2. The lowest BCUT2D eigenvalue weighted by Crippen LogP contribution is -2.42. The van der Waals surface area contributed by atoms with Gasteiger partial charge in [-0.3, -0.25) is 0 Å². The molecule has 0 bridgehead atoms. The second-order valence-corrected chi connectivity index (χ2v) is 8.96. The average Bonchev–Trinajstić information content (AvgIpc) is 2.69.